The first-order valence-electron chi connectivity index (χ1n) is 39.8. The minimum atomic E-state index is -0.706. The number of nitrogens with two attached hydrogens (primary N) is 3. The van der Waals surface area contributed by atoms with E-state index in [1.54, 1.807) is 70.2 Å². The predicted octanol–water partition coefficient (Wildman–Crippen LogP) is 2.73. The fraction of sp³-hybridized carbons (Fsp3) is 0.488. The van der Waals surface area contributed by atoms with Gasteiger partial charge in [-0.15, -0.1) is 0 Å². The average molecular weight is 1780 g/mol. The smallest absolute Gasteiger partial charge is 0.870 e. The number of anilines is 11. The minimum absolute atomic E-state index is 0. The van der Waals surface area contributed by atoms with E-state index in [-0.39, 0.29) is 141 Å². The van der Waals surface area contributed by atoms with Gasteiger partial charge in [0.15, 0.2) is 0 Å². The molecule has 41 heteroatoms. The van der Waals surface area contributed by atoms with Crippen molar-refractivity contribution in [2.45, 2.75) is 170 Å². The van der Waals surface area contributed by atoms with Crippen molar-refractivity contribution in [3.8, 4) is 0 Å². The fourth-order valence-electron chi connectivity index (χ4n) is 16.6. The van der Waals surface area contributed by atoms with Crippen molar-refractivity contribution >= 4 is 115 Å². The van der Waals surface area contributed by atoms with E-state index in [2.05, 4.69) is 130 Å². The van der Waals surface area contributed by atoms with Crippen LogP contribution < -0.4 is 139 Å². The summed E-state index contributed by atoms with van der Waals surface area (Å²) in [5.74, 6) is 2.97. The molecule has 0 unspecified atom stereocenters. The molecule has 0 atom stereocenters. The van der Waals surface area contributed by atoms with E-state index in [1.807, 2.05) is 48.8 Å². The predicted molar refractivity (Wildman–Crippen MR) is 466 cm³/mol. The third-order valence-corrected chi connectivity index (χ3v) is 24.9. The number of nitrogens with one attached hydrogen (secondary N) is 9. The van der Waals surface area contributed by atoms with E-state index >= 15 is 0 Å². The molecule has 2 aliphatic carbocycles. The van der Waals surface area contributed by atoms with E-state index < -0.39 is 22.7 Å². The maximum Gasteiger partial charge on any atom is 1.00 e. The van der Waals surface area contributed by atoms with Crippen molar-refractivity contribution in [1.82, 2.24) is 99.0 Å². The van der Waals surface area contributed by atoms with E-state index in [9.17, 15) is 47.9 Å². The second-order valence-corrected chi connectivity index (χ2v) is 33.7. The van der Waals surface area contributed by atoms with Crippen LogP contribution in [0, 0.1) is 67.2 Å². The van der Waals surface area contributed by atoms with Crippen LogP contribution in [-0.2, 0) is 32.2 Å². The molecule has 39 nitrogen and oxygen atoms in total. The molecule has 18 rings (SSSR count). The number of fused-ring (bicyclic) bond motifs is 8. The SMILES string of the molecule is C.C.Cc1c(N)ncnc1NC(=O)C1CC1.Cc1cc(Br)c(=O)n2c1C(=O)NC21CCN(C)CC1.Cc1cc(Nc2ncnc(N)c2C)c(=O)n2c1C(=O)NC21CCN(C)CC1.Cc1cc(Nc2ncnc(N)c2C)c(=O)n2c1C(=O)NC21CCN(C)CC1.Cc1cc(Nc2ncnc(NC(=O)C3CC3)c2C)c(=O)n2c1C(=O)NC21CCN(C)CC1.[K+].[OH-]. The van der Waals surface area contributed by atoms with Crippen molar-refractivity contribution in [1.29, 1.82) is 0 Å². The Morgan fingerprint density at radius 1 is 0.374 bits per heavy atom. The van der Waals surface area contributed by atoms with Crippen molar-refractivity contribution in [3.05, 3.63) is 163 Å². The minimum Gasteiger partial charge on any atom is -0.870 e. The Bertz CT molecular complexity index is 5560. The molecule has 0 aromatic carbocycles. The van der Waals surface area contributed by atoms with Crippen molar-refractivity contribution in [2.24, 2.45) is 11.8 Å². The molecule has 16 N–H and O–H groups in total. The number of hydrogen-bond acceptors (Lipinski definition) is 29. The first-order valence-corrected chi connectivity index (χ1v) is 40.6. The quantitative estimate of drug-likeness (QED) is 0.0876. The topological polar surface area (TPSA) is 523 Å². The summed E-state index contributed by atoms with van der Waals surface area (Å²) in [4.78, 5) is 168. The Hall–Kier alpha value is -10.3. The number of likely N-dealkylation sites (tertiary alicyclic amines) is 4. The van der Waals surface area contributed by atoms with Gasteiger partial charge < -0.3 is 90.1 Å². The molecule has 0 radical (unpaired) electrons. The summed E-state index contributed by atoms with van der Waals surface area (Å²) in [6.45, 7) is 21.1. The van der Waals surface area contributed by atoms with Gasteiger partial charge in [0.05, 0.1) is 4.47 Å². The van der Waals surface area contributed by atoms with Crippen LogP contribution in [0.2, 0.25) is 0 Å². The molecule has 6 fully saturated rings. The van der Waals surface area contributed by atoms with Gasteiger partial charge in [0.2, 0.25) is 11.8 Å². The van der Waals surface area contributed by atoms with Gasteiger partial charge >= 0.3 is 51.4 Å². The van der Waals surface area contributed by atoms with Crippen LogP contribution in [0.15, 0.2) is 73.2 Å². The van der Waals surface area contributed by atoms with E-state index in [0.29, 0.717) is 146 Å². The molecule has 10 aliphatic rings. The van der Waals surface area contributed by atoms with Crippen LogP contribution in [0.3, 0.4) is 0 Å². The third kappa shape index (κ3) is 18.7. The van der Waals surface area contributed by atoms with Gasteiger partial charge in [0, 0.05) is 138 Å². The maximum atomic E-state index is 13.6. The Morgan fingerprint density at radius 3 is 0.878 bits per heavy atom. The Morgan fingerprint density at radius 2 is 0.602 bits per heavy atom. The monoisotopic (exact) mass is 1780 g/mol. The molecule has 8 aromatic heterocycles. The number of hydrogen-bond donors (Lipinski definition) is 12. The molecule has 4 saturated heterocycles. The molecule has 2 saturated carbocycles. The zero-order chi connectivity index (χ0) is 85.2. The fourth-order valence-corrected chi connectivity index (χ4v) is 17.1. The molecular formula is C82H110BrKN28O11. The summed E-state index contributed by atoms with van der Waals surface area (Å²) >= 11 is 3.30. The maximum absolute atomic E-state index is 13.6. The number of rotatable bonds is 10. The number of amides is 6. The molecule has 6 amide bonds. The van der Waals surface area contributed by atoms with Gasteiger partial charge in [0.25, 0.3) is 45.9 Å². The number of pyridine rings is 4. The Labute approximate surface area is 762 Å². The molecular weight excluding hydrogens is 1670 g/mol. The number of nitrogen functional groups attached to an aromatic ring is 3. The van der Waals surface area contributed by atoms with Gasteiger partial charge in [0.1, 0.15) is 134 Å². The normalized spacial score (nSPS) is 18.2. The van der Waals surface area contributed by atoms with Crippen LogP contribution in [-0.4, -0.2) is 199 Å². The van der Waals surface area contributed by atoms with Crippen LogP contribution >= 0.6 is 15.9 Å². The van der Waals surface area contributed by atoms with E-state index in [4.69, 9.17) is 17.2 Å². The Kier molecular flexibility index (Phi) is 29.0. The number of piperidine rings is 4. The molecule has 8 aliphatic heterocycles. The summed E-state index contributed by atoms with van der Waals surface area (Å²) in [5.41, 5.74) is 22.4. The summed E-state index contributed by atoms with van der Waals surface area (Å²) in [6.07, 6.45) is 14.8. The zero-order valence-corrected chi connectivity index (χ0v) is 74.9. The Balaban J connectivity index is 0.000000163. The van der Waals surface area contributed by atoms with E-state index in [0.717, 1.165) is 119 Å². The molecule has 123 heavy (non-hydrogen) atoms. The number of aryl methyl sites for hydroxylation is 4. The van der Waals surface area contributed by atoms with Gasteiger partial charge in [-0.05, 0) is 172 Å². The zero-order valence-electron chi connectivity index (χ0n) is 70.2. The van der Waals surface area contributed by atoms with Gasteiger partial charge in [-0.3, -0.25) is 66.2 Å². The standard InChI is InChI=1S/C22H27N7O3.2C18H23N7O2.C13H16BrN3O2.C9H12N4O.2CH4.K.H2O/c1-12-10-15(25-17-13(2)18(24-11-23-17)26-19(30)14-4-5-14)21(32)29-16(12)20(31)27-22(29)6-8-28(3)9-7-22;2*1-10-8-12(22-15-11(2)14(19)20-9-21-15)17(27)25-13(10)16(26)23-18(25)4-6-24(3)7-5-18;1-8-7-9(14)12(19)17-10(8)11(18)15-13(17)3-5-16(2)6-4-13;1-5-7(10)11-4-12-8(5)13-9(14)6-2-3-6;;;;/h10-11,14H,4-9H2,1-3H3,(H,27,31)(H2,23,24,25,26,30);2*8-9H,4-7H2,1-3H3,(H,23,26)(H3,19,20,21,22);7H,3-6H2,1-2H3,(H,15,18);4,6H,2-3H2,1H3,(H3,10,11,12,13,14);2*1H4;;1H2/q;;;;;;;+1;/p-1. The van der Waals surface area contributed by atoms with Gasteiger partial charge in [-0.1, -0.05) is 14.9 Å². The van der Waals surface area contributed by atoms with Gasteiger partial charge in [-0.2, -0.15) is 0 Å². The number of carbonyl (C=O) groups is 6. The summed E-state index contributed by atoms with van der Waals surface area (Å²) in [5, 5.41) is 27.2. The van der Waals surface area contributed by atoms with E-state index in [1.165, 1.54) is 25.3 Å². The summed E-state index contributed by atoms with van der Waals surface area (Å²) in [6, 6.07) is 6.80. The summed E-state index contributed by atoms with van der Waals surface area (Å²) in [7, 11) is 8.17. The van der Waals surface area contributed by atoms with Crippen LogP contribution in [0.4, 0.5) is 63.6 Å². The van der Waals surface area contributed by atoms with Crippen molar-refractivity contribution in [2.75, 3.05) is 124 Å². The largest absolute Gasteiger partial charge is 1.00 e. The number of halogens is 1. The second kappa shape index (κ2) is 37.6. The van der Waals surface area contributed by atoms with Gasteiger partial charge in [-0.25, -0.2) is 39.9 Å². The molecule has 4 spiro atoms. The molecule has 16 heterocycles. The number of nitrogens with zero attached hydrogens (tertiary/aromatic N) is 16. The second-order valence-electron chi connectivity index (χ2n) is 32.8. The van der Waals surface area contributed by atoms with Crippen LogP contribution in [0.5, 0.6) is 0 Å². The average Bonchev–Trinajstić information content (AvgIpc) is 1.60. The van der Waals surface area contributed by atoms with Crippen LogP contribution in [0.1, 0.15) is 178 Å². The number of carbonyl (C=O) groups excluding carboxylic acids is 6. The number of aromatic nitrogens is 12. The van der Waals surface area contributed by atoms with Crippen molar-refractivity contribution in [3.63, 3.8) is 0 Å². The third-order valence-electron chi connectivity index (χ3n) is 24.3. The first kappa shape index (κ1) is 94.9. The van der Waals surface area contributed by atoms with Crippen LogP contribution in [0.25, 0.3) is 0 Å². The molecule has 8 aromatic rings. The first-order chi connectivity index (χ1) is 56.6. The van der Waals surface area contributed by atoms with Crippen molar-refractivity contribution < 1.29 is 85.6 Å². The summed E-state index contributed by atoms with van der Waals surface area (Å²) < 4.78 is 7.09. The molecule has 0 bridgehead atoms. The molecule has 652 valence electrons.